The number of piperazine rings is 1. The average molecular weight is 375 g/mol. The van der Waals surface area contributed by atoms with E-state index in [0.717, 1.165) is 60.8 Å². The minimum Gasteiger partial charge on any atom is -0.454 e. The monoisotopic (exact) mass is 375 g/mol. The Kier molecular flexibility index (Phi) is 4.41. The van der Waals surface area contributed by atoms with Gasteiger partial charge in [-0.15, -0.1) is 0 Å². The summed E-state index contributed by atoms with van der Waals surface area (Å²) in [6, 6.07) is 14.8. The maximum atomic E-state index is 5.58. The Labute approximate surface area is 165 Å². The molecule has 0 unspecified atom stereocenters. The Bertz CT molecular complexity index is 1030. The molecule has 0 aliphatic carbocycles. The minimum absolute atomic E-state index is 0.282. The summed E-state index contributed by atoms with van der Waals surface area (Å²) in [4.78, 5) is 10.0. The molecule has 0 spiro atoms. The van der Waals surface area contributed by atoms with E-state index in [1.54, 1.807) is 0 Å². The summed E-state index contributed by atoms with van der Waals surface area (Å²) in [5.74, 6) is 1.59. The van der Waals surface area contributed by atoms with Gasteiger partial charge in [-0.2, -0.15) is 0 Å². The van der Waals surface area contributed by atoms with Gasteiger partial charge in [0.15, 0.2) is 11.5 Å². The van der Waals surface area contributed by atoms with Gasteiger partial charge in [0.1, 0.15) is 0 Å². The standard InChI is InChI=1S/C23H25N3O2/c1-16-5-3-4-6-19(16)23-18(14-26-9-7-25(2)8-10-26)11-17-12-21-22(28-15-27-21)13-20(17)24-23/h3-6,11-13H,7-10,14-15H2,1-2H3. The summed E-state index contributed by atoms with van der Waals surface area (Å²) in [5, 5.41) is 1.10. The van der Waals surface area contributed by atoms with E-state index in [9.17, 15) is 0 Å². The number of nitrogens with zero attached hydrogens (tertiary/aromatic N) is 3. The van der Waals surface area contributed by atoms with Gasteiger partial charge in [-0.05, 0) is 37.2 Å². The van der Waals surface area contributed by atoms with Crippen molar-refractivity contribution < 1.29 is 9.47 Å². The highest BCUT2D eigenvalue weighted by Crippen LogP contribution is 2.37. The van der Waals surface area contributed by atoms with E-state index in [1.807, 2.05) is 6.07 Å². The Morgan fingerprint density at radius 1 is 0.964 bits per heavy atom. The molecule has 5 heteroatoms. The lowest BCUT2D eigenvalue weighted by Gasteiger charge is -2.32. The number of rotatable bonds is 3. The summed E-state index contributed by atoms with van der Waals surface area (Å²) in [7, 11) is 2.19. The number of aryl methyl sites for hydroxylation is 1. The van der Waals surface area contributed by atoms with Crippen LogP contribution in [0.3, 0.4) is 0 Å². The number of hydrogen-bond acceptors (Lipinski definition) is 5. The first kappa shape index (κ1) is 17.5. The van der Waals surface area contributed by atoms with Gasteiger partial charge in [0, 0.05) is 49.7 Å². The molecule has 5 nitrogen and oxygen atoms in total. The second-order valence-corrected chi connectivity index (χ2v) is 7.79. The van der Waals surface area contributed by atoms with Crippen molar-refractivity contribution in [2.75, 3.05) is 40.0 Å². The fourth-order valence-electron chi connectivity index (χ4n) is 4.05. The molecule has 0 radical (unpaired) electrons. The number of ether oxygens (including phenoxy) is 2. The number of aromatic nitrogens is 1. The zero-order chi connectivity index (χ0) is 19.1. The van der Waals surface area contributed by atoms with E-state index in [0.29, 0.717) is 0 Å². The molecular formula is C23H25N3O2. The quantitative estimate of drug-likeness (QED) is 0.698. The van der Waals surface area contributed by atoms with Gasteiger partial charge in [0.05, 0.1) is 11.2 Å². The Morgan fingerprint density at radius 2 is 1.71 bits per heavy atom. The van der Waals surface area contributed by atoms with E-state index in [2.05, 4.69) is 60.2 Å². The smallest absolute Gasteiger partial charge is 0.231 e. The molecule has 3 aromatic rings. The summed E-state index contributed by atoms with van der Waals surface area (Å²) in [5.41, 5.74) is 5.74. The first-order valence-corrected chi connectivity index (χ1v) is 9.87. The first-order valence-electron chi connectivity index (χ1n) is 9.87. The lowest BCUT2D eigenvalue weighted by Crippen LogP contribution is -2.43. The number of likely N-dealkylation sites (N-methyl/N-ethyl adjacent to an activating group) is 1. The van der Waals surface area contributed by atoms with Crippen LogP contribution >= 0.6 is 0 Å². The van der Waals surface area contributed by atoms with E-state index in [1.165, 1.54) is 16.7 Å². The van der Waals surface area contributed by atoms with E-state index >= 15 is 0 Å². The molecule has 1 saturated heterocycles. The van der Waals surface area contributed by atoms with E-state index < -0.39 is 0 Å². The van der Waals surface area contributed by atoms with Crippen molar-refractivity contribution in [1.29, 1.82) is 0 Å². The molecular weight excluding hydrogens is 350 g/mol. The Hall–Kier alpha value is -2.63. The molecule has 0 N–H and O–H groups in total. The van der Waals surface area contributed by atoms with Crippen LogP contribution in [0.15, 0.2) is 42.5 Å². The molecule has 0 atom stereocenters. The molecule has 5 rings (SSSR count). The first-order chi connectivity index (χ1) is 13.7. The molecule has 2 aliphatic heterocycles. The van der Waals surface area contributed by atoms with Crippen LogP contribution in [-0.4, -0.2) is 54.8 Å². The van der Waals surface area contributed by atoms with Crippen LogP contribution in [0.1, 0.15) is 11.1 Å². The van der Waals surface area contributed by atoms with Crippen LogP contribution in [0.2, 0.25) is 0 Å². The van der Waals surface area contributed by atoms with Crippen molar-refractivity contribution in [1.82, 2.24) is 14.8 Å². The third-order valence-electron chi connectivity index (χ3n) is 5.78. The van der Waals surface area contributed by atoms with Crippen LogP contribution in [-0.2, 0) is 6.54 Å². The SMILES string of the molecule is Cc1ccccc1-c1nc2cc3c(cc2cc1CN1CCN(C)CC1)OCO3. The fraction of sp³-hybridized carbons (Fsp3) is 0.348. The molecule has 144 valence electrons. The normalized spacial score (nSPS) is 17.4. The van der Waals surface area contributed by atoms with Gasteiger partial charge in [0.25, 0.3) is 0 Å². The average Bonchev–Trinajstić information content (AvgIpc) is 3.15. The summed E-state index contributed by atoms with van der Waals surface area (Å²) >= 11 is 0. The third kappa shape index (κ3) is 3.21. The van der Waals surface area contributed by atoms with Crippen molar-refractivity contribution in [2.45, 2.75) is 13.5 Å². The van der Waals surface area contributed by atoms with Crippen LogP contribution in [0.4, 0.5) is 0 Å². The highest BCUT2D eigenvalue weighted by atomic mass is 16.7. The summed E-state index contributed by atoms with van der Waals surface area (Å²) in [6.45, 7) is 7.74. The van der Waals surface area contributed by atoms with Crippen LogP contribution < -0.4 is 9.47 Å². The Balaban J connectivity index is 1.62. The van der Waals surface area contributed by atoms with E-state index in [4.69, 9.17) is 14.5 Å². The topological polar surface area (TPSA) is 37.8 Å². The largest absolute Gasteiger partial charge is 0.454 e. The summed E-state index contributed by atoms with van der Waals surface area (Å²) in [6.07, 6.45) is 0. The fourth-order valence-corrected chi connectivity index (χ4v) is 4.05. The van der Waals surface area contributed by atoms with Gasteiger partial charge in [-0.1, -0.05) is 24.3 Å². The third-order valence-corrected chi connectivity index (χ3v) is 5.78. The van der Waals surface area contributed by atoms with Crippen molar-refractivity contribution in [3.63, 3.8) is 0 Å². The van der Waals surface area contributed by atoms with E-state index in [-0.39, 0.29) is 6.79 Å². The number of fused-ring (bicyclic) bond motifs is 2. The van der Waals surface area contributed by atoms with Crippen molar-refractivity contribution in [3.05, 3.63) is 53.6 Å². The van der Waals surface area contributed by atoms with Crippen molar-refractivity contribution in [2.24, 2.45) is 0 Å². The highest BCUT2D eigenvalue weighted by molar-refractivity contribution is 5.87. The maximum Gasteiger partial charge on any atom is 0.231 e. The number of hydrogen-bond donors (Lipinski definition) is 0. The second-order valence-electron chi connectivity index (χ2n) is 7.79. The molecule has 1 fully saturated rings. The number of benzene rings is 2. The summed E-state index contributed by atoms with van der Waals surface area (Å²) < 4.78 is 11.1. The molecule has 2 aromatic carbocycles. The predicted molar refractivity (Wildman–Crippen MR) is 111 cm³/mol. The van der Waals surface area contributed by atoms with Crippen molar-refractivity contribution in [3.8, 4) is 22.8 Å². The van der Waals surface area contributed by atoms with Gasteiger partial charge < -0.3 is 14.4 Å². The van der Waals surface area contributed by atoms with Crippen LogP contribution in [0.5, 0.6) is 11.5 Å². The zero-order valence-corrected chi connectivity index (χ0v) is 16.4. The Morgan fingerprint density at radius 3 is 2.50 bits per heavy atom. The molecule has 0 bridgehead atoms. The van der Waals surface area contributed by atoms with Gasteiger partial charge in [-0.3, -0.25) is 4.90 Å². The molecule has 3 heterocycles. The molecule has 2 aliphatic rings. The molecule has 28 heavy (non-hydrogen) atoms. The van der Waals surface area contributed by atoms with Gasteiger partial charge >= 0.3 is 0 Å². The van der Waals surface area contributed by atoms with Gasteiger partial charge in [0.2, 0.25) is 6.79 Å². The highest BCUT2D eigenvalue weighted by Gasteiger charge is 2.20. The molecule has 1 aromatic heterocycles. The van der Waals surface area contributed by atoms with Crippen molar-refractivity contribution >= 4 is 10.9 Å². The lowest BCUT2D eigenvalue weighted by atomic mass is 9.99. The van der Waals surface area contributed by atoms with Crippen LogP contribution in [0, 0.1) is 6.92 Å². The van der Waals surface area contributed by atoms with Crippen LogP contribution in [0.25, 0.3) is 22.2 Å². The maximum absolute atomic E-state index is 5.58. The zero-order valence-electron chi connectivity index (χ0n) is 16.4. The lowest BCUT2D eigenvalue weighted by molar-refractivity contribution is 0.148. The molecule has 0 saturated carbocycles. The minimum atomic E-state index is 0.282. The molecule has 0 amide bonds. The van der Waals surface area contributed by atoms with Gasteiger partial charge in [-0.25, -0.2) is 4.98 Å². The predicted octanol–water partition coefficient (Wildman–Crippen LogP) is 3.69. The number of pyridine rings is 1. The second kappa shape index (κ2) is 7.08.